The van der Waals surface area contributed by atoms with Crippen LogP contribution in [-0.2, 0) is 17.8 Å². The van der Waals surface area contributed by atoms with Crippen LogP contribution < -0.4 is 0 Å². The average molecular weight is 247 g/mol. The fourth-order valence-corrected chi connectivity index (χ4v) is 2.62. The van der Waals surface area contributed by atoms with E-state index in [0.29, 0.717) is 6.42 Å². The van der Waals surface area contributed by atoms with E-state index in [9.17, 15) is 4.79 Å². The lowest BCUT2D eigenvalue weighted by molar-refractivity contribution is -0.117. The monoisotopic (exact) mass is 247 g/mol. The predicted molar refractivity (Wildman–Crippen MR) is 70.1 cm³/mol. The molecule has 0 N–H and O–H groups in total. The van der Waals surface area contributed by atoms with Gasteiger partial charge in [-0.15, -0.1) is 0 Å². The molecule has 1 aliphatic carbocycles. The van der Waals surface area contributed by atoms with Gasteiger partial charge in [-0.3, -0.25) is 4.79 Å². The number of aryl methyl sites for hydroxylation is 1. The highest BCUT2D eigenvalue weighted by atomic mass is 16.1. The third-order valence-corrected chi connectivity index (χ3v) is 3.24. The Hall–Kier alpha value is -1.45. The van der Waals surface area contributed by atoms with E-state index in [2.05, 4.69) is 30.9 Å². The van der Waals surface area contributed by atoms with Gasteiger partial charge in [-0.2, -0.15) is 5.10 Å². The van der Waals surface area contributed by atoms with Crippen LogP contribution in [0.2, 0.25) is 0 Å². The third kappa shape index (κ3) is 3.06. The Morgan fingerprint density at radius 3 is 2.83 bits per heavy atom. The van der Waals surface area contributed by atoms with E-state index in [-0.39, 0.29) is 11.2 Å². The van der Waals surface area contributed by atoms with Crippen LogP contribution in [0.5, 0.6) is 0 Å². The molecule has 0 spiro atoms. The largest absolute Gasteiger partial charge is 0.295 e. The van der Waals surface area contributed by atoms with Gasteiger partial charge in [0, 0.05) is 19.4 Å². The van der Waals surface area contributed by atoms with Gasteiger partial charge in [0.1, 0.15) is 12.2 Å². The molecule has 0 amide bonds. The molecule has 4 nitrogen and oxygen atoms in total. The van der Waals surface area contributed by atoms with Crippen LogP contribution in [0.1, 0.15) is 45.9 Å². The Morgan fingerprint density at radius 2 is 2.17 bits per heavy atom. The average Bonchev–Trinajstić information content (AvgIpc) is 2.63. The molecule has 0 radical (unpaired) electrons. The zero-order chi connectivity index (χ0) is 13.2. The second-order valence-electron chi connectivity index (χ2n) is 5.86. The van der Waals surface area contributed by atoms with Crippen molar-refractivity contribution in [3.8, 4) is 0 Å². The zero-order valence-electron chi connectivity index (χ0n) is 11.4. The fraction of sp³-hybridized carbons (Fsp3) is 0.643. The number of allylic oxidation sites excluding steroid dienone is 2. The summed E-state index contributed by atoms with van der Waals surface area (Å²) in [5.41, 5.74) is 1.26. The number of hydrogen-bond acceptors (Lipinski definition) is 3. The van der Waals surface area contributed by atoms with E-state index in [0.717, 1.165) is 31.6 Å². The first-order chi connectivity index (χ1) is 8.50. The molecule has 1 aromatic rings. The first-order valence-corrected chi connectivity index (χ1v) is 6.59. The number of hydrogen-bond donors (Lipinski definition) is 0. The molecule has 0 atom stereocenters. The first kappa shape index (κ1) is 13.0. The van der Waals surface area contributed by atoms with E-state index < -0.39 is 0 Å². The highest BCUT2D eigenvalue weighted by Crippen LogP contribution is 2.34. The minimum Gasteiger partial charge on any atom is -0.295 e. The van der Waals surface area contributed by atoms with Gasteiger partial charge in [0.15, 0.2) is 5.78 Å². The molecule has 2 rings (SSSR count). The van der Waals surface area contributed by atoms with Crippen molar-refractivity contribution in [2.45, 2.75) is 53.0 Å². The summed E-state index contributed by atoms with van der Waals surface area (Å²) in [5.74, 6) is 1.21. The van der Waals surface area contributed by atoms with Crippen molar-refractivity contribution >= 4 is 5.78 Å². The molecule has 18 heavy (non-hydrogen) atoms. The van der Waals surface area contributed by atoms with Crippen molar-refractivity contribution in [1.82, 2.24) is 14.8 Å². The second kappa shape index (κ2) is 5.04. The highest BCUT2D eigenvalue weighted by molar-refractivity contribution is 5.91. The maximum Gasteiger partial charge on any atom is 0.156 e. The second-order valence-corrected chi connectivity index (χ2v) is 5.86. The van der Waals surface area contributed by atoms with Crippen LogP contribution in [0, 0.1) is 5.41 Å². The van der Waals surface area contributed by atoms with Crippen molar-refractivity contribution in [2.24, 2.45) is 5.41 Å². The molecule has 0 unspecified atom stereocenters. The van der Waals surface area contributed by atoms with Gasteiger partial charge < -0.3 is 0 Å². The Kier molecular flexibility index (Phi) is 3.64. The van der Waals surface area contributed by atoms with E-state index in [4.69, 9.17) is 0 Å². The minimum atomic E-state index is 0.0801. The van der Waals surface area contributed by atoms with Crippen molar-refractivity contribution in [1.29, 1.82) is 0 Å². The van der Waals surface area contributed by atoms with E-state index in [1.54, 1.807) is 12.4 Å². The summed E-state index contributed by atoms with van der Waals surface area (Å²) in [6, 6.07) is 0. The SMILES string of the molecule is CCCn1ncnc1CC1=CC(=O)CC(C)(C)C1. The quantitative estimate of drug-likeness (QED) is 0.821. The minimum absolute atomic E-state index is 0.0801. The van der Waals surface area contributed by atoms with Gasteiger partial charge in [-0.25, -0.2) is 9.67 Å². The molecule has 98 valence electrons. The lowest BCUT2D eigenvalue weighted by atomic mass is 9.76. The van der Waals surface area contributed by atoms with Crippen LogP contribution in [0.15, 0.2) is 18.0 Å². The molecule has 1 aromatic heterocycles. The fourth-order valence-electron chi connectivity index (χ4n) is 2.62. The maximum absolute atomic E-state index is 11.7. The smallest absolute Gasteiger partial charge is 0.156 e. The van der Waals surface area contributed by atoms with Gasteiger partial charge in [0.25, 0.3) is 0 Å². The van der Waals surface area contributed by atoms with Crippen molar-refractivity contribution in [3.05, 3.63) is 23.8 Å². The molecule has 0 bridgehead atoms. The Morgan fingerprint density at radius 1 is 1.39 bits per heavy atom. The standard InChI is InChI=1S/C14H21N3O/c1-4-5-17-13(15-10-16-17)7-11-6-12(18)9-14(2,3)8-11/h6,10H,4-5,7-9H2,1-3H3. The lowest BCUT2D eigenvalue weighted by Gasteiger charge is -2.28. The predicted octanol–water partition coefficient (Wildman–Crippen LogP) is 2.55. The number of carbonyl (C=O) groups excluding carboxylic acids is 1. The number of rotatable bonds is 4. The van der Waals surface area contributed by atoms with E-state index >= 15 is 0 Å². The summed E-state index contributed by atoms with van der Waals surface area (Å²) in [7, 11) is 0. The molecular weight excluding hydrogens is 226 g/mol. The van der Waals surface area contributed by atoms with Crippen LogP contribution in [0.3, 0.4) is 0 Å². The summed E-state index contributed by atoms with van der Waals surface area (Å²) >= 11 is 0. The lowest BCUT2D eigenvalue weighted by Crippen LogP contribution is -2.23. The summed E-state index contributed by atoms with van der Waals surface area (Å²) in [6.45, 7) is 7.31. The van der Waals surface area contributed by atoms with Crippen molar-refractivity contribution in [3.63, 3.8) is 0 Å². The summed E-state index contributed by atoms with van der Waals surface area (Å²) in [6.07, 6.45) is 6.81. The molecule has 0 fully saturated rings. The normalized spacial score (nSPS) is 18.8. The van der Waals surface area contributed by atoms with Gasteiger partial charge in [0.05, 0.1) is 0 Å². The van der Waals surface area contributed by atoms with Crippen LogP contribution in [0.25, 0.3) is 0 Å². The molecule has 1 aliphatic rings. The third-order valence-electron chi connectivity index (χ3n) is 3.24. The van der Waals surface area contributed by atoms with E-state index in [1.165, 1.54) is 5.57 Å². The zero-order valence-corrected chi connectivity index (χ0v) is 11.4. The molecule has 0 saturated heterocycles. The van der Waals surface area contributed by atoms with Crippen molar-refractivity contribution < 1.29 is 4.79 Å². The van der Waals surface area contributed by atoms with Crippen LogP contribution >= 0.6 is 0 Å². The molecular formula is C14H21N3O. The molecule has 0 aromatic carbocycles. The van der Waals surface area contributed by atoms with Gasteiger partial charge in [-0.1, -0.05) is 26.3 Å². The first-order valence-electron chi connectivity index (χ1n) is 6.59. The summed E-state index contributed by atoms with van der Waals surface area (Å²) in [4.78, 5) is 16.0. The van der Waals surface area contributed by atoms with Crippen molar-refractivity contribution in [2.75, 3.05) is 0 Å². The summed E-state index contributed by atoms with van der Waals surface area (Å²) in [5, 5.41) is 4.22. The van der Waals surface area contributed by atoms with Gasteiger partial charge in [0.2, 0.25) is 0 Å². The topological polar surface area (TPSA) is 47.8 Å². The van der Waals surface area contributed by atoms with Crippen LogP contribution in [0.4, 0.5) is 0 Å². The Bertz CT molecular complexity index is 471. The molecule has 0 saturated carbocycles. The van der Waals surface area contributed by atoms with Gasteiger partial charge >= 0.3 is 0 Å². The van der Waals surface area contributed by atoms with E-state index in [1.807, 2.05) is 4.68 Å². The number of carbonyl (C=O) groups is 1. The molecule has 4 heteroatoms. The Labute approximate surface area is 108 Å². The number of nitrogens with zero attached hydrogens (tertiary/aromatic N) is 3. The number of ketones is 1. The Balaban J connectivity index is 2.13. The molecule has 0 aliphatic heterocycles. The molecule has 1 heterocycles. The highest BCUT2D eigenvalue weighted by Gasteiger charge is 2.27. The maximum atomic E-state index is 11.7. The van der Waals surface area contributed by atoms with Gasteiger partial charge in [-0.05, 0) is 24.3 Å². The summed E-state index contributed by atoms with van der Waals surface area (Å²) < 4.78 is 1.94. The van der Waals surface area contributed by atoms with Crippen LogP contribution in [-0.4, -0.2) is 20.5 Å². The number of aromatic nitrogens is 3.